The molecule has 2 aromatic rings. The third-order valence-corrected chi connectivity index (χ3v) is 7.31. The average molecular weight is 495 g/mol. The largest absolute Gasteiger partial charge is 0.425 e. The Morgan fingerprint density at radius 1 is 1.03 bits per heavy atom. The second kappa shape index (κ2) is 11.5. The molecule has 0 radical (unpaired) electrons. The molecule has 2 fully saturated rings. The van der Waals surface area contributed by atoms with Crippen LogP contribution in [0.1, 0.15) is 48.0 Å². The summed E-state index contributed by atoms with van der Waals surface area (Å²) < 4.78 is 5.62. The predicted molar refractivity (Wildman–Crippen MR) is 134 cm³/mol. The fourth-order valence-corrected chi connectivity index (χ4v) is 5.30. The van der Waals surface area contributed by atoms with Crippen molar-refractivity contribution in [2.75, 3.05) is 12.0 Å². The molecule has 0 aromatic heterocycles. The zero-order chi connectivity index (χ0) is 24.8. The molecule has 0 spiro atoms. The number of thioether (sulfide) groups is 1. The van der Waals surface area contributed by atoms with Crippen LogP contribution in [0.4, 0.5) is 0 Å². The number of hydrogen-bond donors (Lipinski definition) is 1. The molecule has 1 saturated heterocycles. The van der Waals surface area contributed by atoms with Gasteiger partial charge in [0.1, 0.15) is 11.8 Å². The number of amides is 3. The number of imide groups is 1. The first-order valence-corrected chi connectivity index (χ1v) is 13.4. The Hall–Kier alpha value is -3.13. The number of carbonyl (C=O) groups is 4. The molecule has 2 aliphatic rings. The summed E-state index contributed by atoms with van der Waals surface area (Å²) in [6.45, 7) is 0.377. The van der Waals surface area contributed by atoms with Crippen LogP contribution in [0.15, 0.2) is 54.6 Å². The molecule has 3 amide bonds. The summed E-state index contributed by atoms with van der Waals surface area (Å²) in [5.41, 5.74) is 1.33. The topological polar surface area (TPSA) is 92.8 Å². The van der Waals surface area contributed by atoms with E-state index in [0.29, 0.717) is 37.1 Å². The smallest absolute Gasteiger partial charge is 0.334 e. The van der Waals surface area contributed by atoms with E-state index in [4.69, 9.17) is 4.74 Å². The van der Waals surface area contributed by atoms with E-state index in [9.17, 15) is 19.2 Å². The van der Waals surface area contributed by atoms with Crippen molar-refractivity contribution in [2.24, 2.45) is 11.8 Å². The van der Waals surface area contributed by atoms with Crippen LogP contribution in [0.25, 0.3) is 0 Å². The molecule has 1 N–H and O–H groups in total. The molecule has 35 heavy (non-hydrogen) atoms. The highest BCUT2D eigenvalue weighted by Crippen LogP contribution is 2.39. The molecule has 3 atom stereocenters. The van der Waals surface area contributed by atoms with Gasteiger partial charge in [-0.3, -0.25) is 19.3 Å². The number of esters is 1. The van der Waals surface area contributed by atoms with Gasteiger partial charge in [0, 0.05) is 12.1 Å². The fourth-order valence-electron chi connectivity index (χ4n) is 4.84. The molecule has 1 aliphatic heterocycles. The lowest BCUT2D eigenvalue weighted by Gasteiger charge is -2.25. The Morgan fingerprint density at radius 3 is 2.37 bits per heavy atom. The third-order valence-electron chi connectivity index (χ3n) is 6.66. The van der Waals surface area contributed by atoms with Gasteiger partial charge in [0.25, 0.3) is 5.91 Å². The van der Waals surface area contributed by atoms with Crippen molar-refractivity contribution >= 4 is 35.5 Å². The monoisotopic (exact) mass is 494 g/mol. The van der Waals surface area contributed by atoms with E-state index in [-0.39, 0.29) is 35.3 Å². The SMILES string of the molecule is CSCCC(C(=O)Oc1cccc(C(=O)NCc2ccccc2)c1)N1C(=O)C2CCCCC2C1=O. The first kappa shape index (κ1) is 25.0. The van der Waals surface area contributed by atoms with E-state index >= 15 is 0 Å². The van der Waals surface area contributed by atoms with Gasteiger partial charge in [-0.1, -0.05) is 49.2 Å². The normalized spacial score (nSPS) is 20.3. The van der Waals surface area contributed by atoms with Crippen molar-refractivity contribution in [3.63, 3.8) is 0 Å². The fraction of sp³-hybridized carbons (Fsp3) is 0.407. The molecular weight excluding hydrogens is 464 g/mol. The lowest BCUT2D eigenvalue weighted by atomic mass is 9.81. The minimum Gasteiger partial charge on any atom is -0.425 e. The molecule has 3 unspecified atom stereocenters. The lowest BCUT2D eigenvalue weighted by Crippen LogP contribution is -2.47. The summed E-state index contributed by atoms with van der Waals surface area (Å²) >= 11 is 1.54. The standard InChI is InChI=1S/C27H30N2O5S/c1-35-15-14-23(29-25(31)21-12-5-6-13-22(21)26(29)32)27(33)34-20-11-7-10-19(16-20)24(30)28-17-18-8-3-2-4-9-18/h2-4,7-11,16,21-23H,5-6,12-15,17H2,1H3,(H,28,30). The molecule has 1 aliphatic carbocycles. The Kier molecular flexibility index (Phi) is 8.23. The van der Waals surface area contributed by atoms with E-state index in [0.717, 1.165) is 23.3 Å². The molecule has 7 nitrogen and oxygen atoms in total. The lowest BCUT2D eigenvalue weighted by molar-refractivity contribution is -0.153. The number of nitrogens with zero attached hydrogens (tertiary/aromatic N) is 1. The van der Waals surface area contributed by atoms with Crippen molar-refractivity contribution in [3.05, 3.63) is 65.7 Å². The van der Waals surface area contributed by atoms with Crippen LogP contribution in [0, 0.1) is 11.8 Å². The molecule has 8 heteroatoms. The van der Waals surface area contributed by atoms with Crippen LogP contribution in [-0.2, 0) is 20.9 Å². The Balaban J connectivity index is 1.46. The number of likely N-dealkylation sites (tertiary alicyclic amines) is 1. The number of ether oxygens (including phenoxy) is 1. The first-order valence-electron chi connectivity index (χ1n) is 12.0. The number of rotatable bonds is 9. The summed E-state index contributed by atoms with van der Waals surface area (Å²) in [5.74, 6) is -1.29. The summed E-state index contributed by atoms with van der Waals surface area (Å²) in [7, 11) is 0. The van der Waals surface area contributed by atoms with Crippen molar-refractivity contribution in [1.29, 1.82) is 0 Å². The van der Waals surface area contributed by atoms with Gasteiger partial charge >= 0.3 is 5.97 Å². The van der Waals surface area contributed by atoms with Crippen LogP contribution in [0.5, 0.6) is 5.75 Å². The van der Waals surface area contributed by atoms with Gasteiger partial charge in [0.05, 0.1) is 11.8 Å². The van der Waals surface area contributed by atoms with E-state index in [1.807, 2.05) is 36.6 Å². The minimum absolute atomic E-state index is 0.202. The predicted octanol–water partition coefficient (Wildman–Crippen LogP) is 3.82. The molecule has 4 rings (SSSR count). The van der Waals surface area contributed by atoms with Gasteiger partial charge in [-0.25, -0.2) is 4.79 Å². The quantitative estimate of drug-likeness (QED) is 0.324. The van der Waals surface area contributed by atoms with Gasteiger partial charge in [-0.05, 0) is 55.0 Å². The Bertz CT molecular complexity index is 1070. The number of hydrogen-bond acceptors (Lipinski definition) is 6. The summed E-state index contributed by atoms with van der Waals surface area (Å²) in [6.07, 6.45) is 5.47. The van der Waals surface area contributed by atoms with Crippen molar-refractivity contribution < 1.29 is 23.9 Å². The maximum Gasteiger partial charge on any atom is 0.334 e. The van der Waals surface area contributed by atoms with Crippen molar-refractivity contribution in [3.8, 4) is 5.75 Å². The summed E-state index contributed by atoms with van der Waals surface area (Å²) in [5, 5.41) is 2.85. The van der Waals surface area contributed by atoms with Crippen LogP contribution >= 0.6 is 11.8 Å². The molecule has 1 saturated carbocycles. The van der Waals surface area contributed by atoms with Crippen molar-refractivity contribution in [1.82, 2.24) is 10.2 Å². The minimum atomic E-state index is -0.969. The molecule has 0 bridgehead atoms. The molecule has 2 aromatic carbocycles. The van der Waals surface area contributed by atoms with Gasteiger partial charge in [-0.15, -0.1) is 0 Å². The number of fused-ring (bicyclic) bond motifs is 1. The van der Waals surface area contributed by atoms with Crippen LogP contribution in [0.3, 0.4) is 0 Å². The highest BCUT2D eigenvalue weighted by Gasteiger charge is 2.52. The summed E-state index contributed by atoms with van der Waals surface area (Å²) in [6, 6.07) is 14.9. The molecule has 184 valence electrons. The Morgan fingerprint density at radius 2 is 1.71 bits per heavy atom. The van der Waals surface area contributed by atoms with E-state index in [1.165, 1.54) is 6.07 Å². The molecular formula is C27H30N2O5S. The highest BCUT2D eigenvalue weighted by atomic mass is 32.2. The number of nitrogens with one attached hydrogen (secondary N) is 1. The number of benzene rings is 2. The number of carbonyl (C=O) groups excluding carboxylic acids is 4. The van der Waals surface area contributed by atoms with Gasteiger partial charge in [0.15, 0.2) is 0 Å². The second-order valence-corrected chi connectivity index (χ2v) is 9.94. The molecule has 1 heterocycles. The average Bonchev–Trinajstić information content (AvgIpc) is 3.14. The maximum absolute atomic E-state index is 13.2. The van der Waals surface area contributed by atoms with E-state index in [2.05, 4.69) is 5.32 Å². The van der Waals surface area contributed by atoms with E-state index < -0.39 is 12.0 Å². The maximum atomic E-state index is 13.2. The Labute approximate surface area is 209 Å². The van der Waals surface area contributed by atoms with E-state index in [1.54, 1.807) is 30.0 Å². The van der Waals surface area contributed by atoms with Gasteiger partial charge in [0.2, 0.25) is 11.8 Å². The van der Waals surface area contributed by atoms with Crippen LogP contribution in [-0.4, -0.2) is 46.6 Å². The van der Waals surface area contributed by atoms with Gasteiger partial charge < -0.3 is 10.1 Å². The zero-order valence-electron chi connectivity index (χ0n) is 19.8. The second-order valence-electron chi connectivity index (χ2n) is 8.96. The van der Waals surface area contributed by atoms with Crippen molar-refractivity contribution in [2.45, 2.75) is 44.7 Å². The third kappa shape index (κ3) is 5.75. The van der Waals surface area contributed by atoms with Crippen LogP contribution in [0.2, 0.25) is 0 Å². The highest BCUT2D eigenvalue weighted by molar-refractivity contribution is 7.98. The van der Waals surface area contributed by atoms with Crippen LogP contribution < -0.4 is 10.1 Å². The summed E-state index contributed by atoms with van der Waals surface area (Å²) in [4.78, 5) is 53.2. The first-order chi connectivity index (χ1) is 17.0. The zero-order valence-corrected chi connectivity index (χ0v) is 20.6. The van der Waals surface area contributed by atoms with Gasteiger partial charge in [-0.2, -0.15) is 11.8 Å².